The largest absolute Gasteiger partial charge is 0.304 e. The van der Waals surface area contributed by atoms with Crippen molar-refractivity contribution in [3.63, 3.8) is 0 Å². The highest BCUT2D eigenvalue weighted by molar-refractivity contribution is 7.12. The van der Waals surface area contributed by atoms with E-state index in [-0.39, 0.29) is 11.5 Å². The first-order chi connectivity index (χ1) is 9.45. The van der Waals surface area contributed by atoms with Crippen molar-refractivity contribution in [2.75, 3.05) is 6.54 Å². The summed E-state index contributed by atoms with van der Waals surface area (Å²) >= 11 is 3.67. The van der Waals surface area contributed by atoms with Crippen molar-refractivity contribution in [3.05, 3.63) is 38.0 Å². The van der Waals surface area contributed by atoms with Crippen LogP contribution in [0.15, 0.2) is 17.5 Å². The molecule has 0 aliphatic heterocycles. The van der Waals surface area contributed by atoms with Gasteiger partial charge in [0.05, 0.1) is 11.7 Å². The second kappa shape index (κ2) is 6.37. The quantitative estimate of drug-likeness (QED) is 0.861. The molecule has 0 spiro atoms. The predicted molar refractivity (Wildman–Crippen MR) is 90.0 cm³/mol. The van der Waals surface area contributed by atoms with Gasteiger partial charge in [-0.15, -0.1) is 22.7 Å². The van der Waals surface area contributed by atoms with Gasteiger partial charge >= 0.3 is 0 Å². The van der Waals surface area contributed by atoms with E-state index in [1.807, 2.05) is 11.3 Å². The third kappa shape index (κ3) is 3.48. The SMILES string of the molecule is CCNC(c1ccc(CC)s1)c1nc(C(C)(C)C)cs1. The fourth-order valence-electron chi connectivity index (χ4n) is 2.02. The summed E-state index contributed by atoms with van der Waals surface area (Å²) in [6, 6.07) is 4.73. The lowest BCUT2D eigenvalue weighted by Crippen LogP contribution is -2.21. The molecule has 0 radical (unpaired) electrons. The minimum Gasteiger partial charge on any atom is -0.304 e. The van der Waals surface area contributed by atoms with Crippen molar-refractivity contribution in [1.29, 1.82) is 0 Å². The van der Waals surface area contributed by atoms with Crippen molar-refractivity contribution in [2.45, 2.75) is 52.5 Å². The Morgan fingerprint density at radius 2 is 2.00 bits per heavy atom. The van der Waals surface area contributed by atoms with Gasteiger partial charge in [-0.3, -0.25) is 0 Å². The third-order valence-electron chi connectivity index (χ3n) is 3.26. The molecule has 2 heterocycles. The lowest BCUT2D eigenvalue weighted by molar-refractivity contribution is 0.563. The number of nitrogens with zero attached hydrogens (tertiary/aromatic N) is 1. The molecule has 4 heteroatoms. The van der Waals surface area contributed by atoms with Crippen LogP contribution in [0.4, 0.5) is 0 Å². The molecule has 20 heavy (non-hydrogen) atoms. The van der Waals surface area contributed by atoms with E-state index in [4.69, 9.17) is 4.98 Å². The first-order valence-electron chi connectivity index (χ1n) is 7.23. The van der Waals surface area contributed by atoms with E-state index in [1.165, 1.54) is 20.5 Å². The molecule has 0 saturated heterocycles. The Labute approximate surface area is 130 Å². The second-order valence-electron chi connectivity index (χ2n) is 5.97. The normalized spacial score (nSPS) is 13.7. The first-order valence-corrected chi connectivity index (χ1v) is 8.93. The molecule has 0 aromatic carbocycles. The van der Waals surface area contributed by atoms with Gasteiger partial charge in [-0.1, -0.05) is 34.6 Å². The van der Waals surface area contributed by atoms with E-state index in [0.29, 0.717) is 0 Å². The van der Waals surface area contributed by atoms with Gasteiger partial charge in [-0.05, 0) is 25.1 Å². The Morgan fingerprint density at radius 3 is 2.50 bits per heavy atom. The second-order valence-corrected chi connectivity index (χ2v) is 8.06. The summed E-state index contributed by atoms with van der Waals surface area (Å²) in [5, 5.41) is 6.96. The summed E-state index contributed by atoms with van der Waals surface area (Å²) in [5.41, 5.74) is 1.31. The van der Waals surface area contributed by atoms with E-state index in [2.05, 4.69) is 57.4 Å². The maximum absolute atomic E-state index is 4.87. The minimum atomic E-state index is 0.121. The first kappa shape index (κ1) is 15.7. The number of thiazole rings is 1. The highest BCUT2D eigenvalue weighted by atomic mass is 32.1. The van der Waals surface area contributed by atoms with Crippen LogP contribution in [0.1, 0.15) is 61.1 Å². The van der Waals surface area contributed by atoms with Crippen molar-refractivity contribution in [3.8, 4) is 0 Å². The Hall–Kier alpha value is -0.710. The van der Waals surface area contributed by atoms with E-state index in [0.717, 1.165) is 13.0 Å². The molecule has 2 nitrogen and oxygen atoms in total. The lowest BCUT2D eigenvalue weighted by atomic mass is 9.93. The molecule has 0 fully saturated rings. The Kier molecular flexibility index (Phi) is 4.99. The van der Waals surface area contributed by atoms with E-state index in [9.17, 15) is 0 Å². The van der Waals surface area contributed by atoms with Crippen LogP contribution < -0.4 is 5.32 Å². The molecule has 1 unspecified atom stereocenters. The minimum absolute atomic E-state index is 0.121. The molecular weight excluding hydrogens is 284 g/mol. The Morgan fingerprint density at radius 1 is 1.25 bits per heavy atom. The highest BCUT2D eigenvalue weighted by Crippen LogP contribution is 2.33. The Balaban J connectivity index is 2.30. The van der Waals surface area contributed by atoms with Gasteiger partial charge < -0.3 is 5.32 Å². The zero-order valence-electron chi connectivity index (χ0n) is 13.0. The van der Waals surface area contributed by atoms with Gasteiger partial charge in [0.2, 0.25) is 0 Å². The smallest absolute Gasteiger partial charge is 0.115 e. The summed E-state index contributed by atoms with van der Waals surface area (Å²) in [4.78, 5) is 7.69. The maximum Gasteiger partial charge on any atom is 0.115 e. The highest BCUT2D eigenvalue weighted by Gasteiger charge is 2.22. The number of hydrogen-bond donors (Lipinski definition) is 1. The molecule has 0 aliphatic rings. The molecule has 0 saturated carbocycles. The van der Waals surface area contributed by atoms with Gasteiger partial charge in [0.1, 0.15) is 5.01 Å². The molecule has 2 aromatic rings. The lowest BCUT2D eigenvalue weighted by Gasteiger charge is -2.16. The number of aryl methyl sites for hydroxylation is 1. The van der Waals surface area contributed by atoms with Gasteiger partial charge in [-0.25, -0.2) is 4.98 Å². The molecule has 1 N–H and O–H groups in total. The number of nitrogens with one attached hydrogen (secondary N) is 1. The summed E-state index contributed by atoms with van der Waals surface area (Å²) in [5.74, 6) is 0. The van der Waals surface area contributed by atoms with Gasteiger partial charge in [0, 0.05) is 20.5 Å². The molecular formula is C16H24N2S2. The predicted octanol–water partition coefficient (Wildman–Crippen LogP) is 4.76. The molecule has 1 atom stereocenters. The standard InChI is InChI=1S/C16H24N2S2/c1-6-11-8-9-12(20-11)14(17-7-2)15-18-13(10-19-15)16(3,4)5/h8-10,14,17H,6-7H2,1-5H3. The van der Waals surface area contributed by atoms with Crippen molar-refractivity contribution < 1.29 is 0 Å². The number of rotatable bonds is 5. The van der Waals surface area contributed by atoms with Crippen LogP contribution in [-0.2, 0) is 11.8 Å². The topological polar surface area (TPSA) is 24.9 Å². The molecule has 0 amide bonds. The fraction of sp³-hybridized carbons (Fsp3) is 0.562. The van der Waals surface area contributed by atoms with Crippen LogP contribution in [-0.4, -0.2) is 11.5 Å². The van der Waals surface area contributed by atoms with Gasteiger partial charge in [-0.2, -0.15) is 0 Å². The maximum atomic E-state index is 4.87. The van der Waals surface area contributed by atoms with Gasteiger partial charge in [0.25, 0.3) is 0 Å². The third-order valence-corrected chi connectivity index (χ3v) is 5.47. The molecule has 0 aliphatic carbocycles. The molecule has 2 aromatic heterocycles. The molecule has 0 bridgehead atoms. The van der Waals surface area contributed by atoms with E-state index >= 15 is 0 Å². The number of hydrogen-bond acceptors (Lipinski definition) is 4. The molecule has 110 valence electrons. The van der Waals surface area contributed by atoms with Gasteiger partial charge in [0.15, 0.2) is 0 Å². The summed E-state index contributed by atoms with van der Waals surface area (Å²) in [6.07, 6.45) is 1.11. The Bertz CT molecular complexity index is 549. The summed E-state index contributed by atoms with van der Waals surface area (Å²) in [7, 11) is 0. The average Bonchev–Trinajstić information content (AvgIpc) is 3.04. The summed E-state index contributed by atoms with van der Waals surface area (Å²) in [6.45, 7) is 12.0. The van der Waals surface area contributed by atoms with Crippen LogP contribution in [0.5, 0.6) is 0 Å². The van der Waals surface area contributed by atoms with Crippen molar-refractivity contribution in [2.24, 2.45) is 0 Å². The van der Waals surface area contributed by atoms with Crippen LogP contribution >= 0.6 is 22.7 Å². The van der Waals surface area contributed by atoms with Crippen LogP contribution in [0, 0.1) is 0 Å². The number of thiophene rings is 1. The zero-order valence-corrected chi connectivity index (χ0v) is 14.6. The zero-order chi connectivity index (χ0) is 14.8. The number of aromatic nitrogens is 1. The molecule has 2 rings (SSSR count). The van der Waals surface area contributed by atoms with Crippen molar-refractivity contribution in [1.82, 2.24) is 10.3 Å². The summed E-state index contributed by atoms with van der Waals surface area (Å²) < 4.78 is 0. The monoisotopic (exact) mass is 308 g/mol. The van der Waals surface area contributed by atoms with E-state index in [1.54, 1.807) is 11.3 Å². The van der Waals surface area contributed by atoms with E-state index < -0.39 is 0 Å². The van der Waals surface area contributed by atoms with Crippen LogP contribution in [0.3, 0.4) is 0 Å². The fourth-order valence-corrected chi connectivity index (χ4v) is 4.26. The van der Waals surface area contributed by atoms with Crippen molar-refractivity contribution >= 4 is 22.7 Å². The average molecular weight is 309 g/mol. The van der Waals surface area contributed by atoms with Crippen LogP contribution in [0.2, 0.25) is 0 Å². The van der Waals surface area contributed by atoms with Crippen LogP contribution in [0.25, 0.3) is 0 Å².